The highest BCUT2D eigenvalue weighted by Gasteiger charge is 2.29. The highest BCUT2D eigenvalue weighted by Crippen LogP contribution is 2.23. The van der Waals surface area contributed by atoms with E-state index in [9.17, 15) is 9.59 Å². The Kier molecular flexibility index (Phi) is 9.00. The van der Waals surface area contributed by atoms with Gasteiger partial charge in [-0.05, 0) is 44.4 Å². The number of hydrogen-bond donors (Lipinski definition) is 1. The highest BCUT2D eigenvalue weighted by atomic mass is 35.5. The van der Waals surface area contributed by atoms with Crippen LogP contribution in [0.25, 0.3) is 0 Å². The molecule has 5 nitrogen and oxygen atoms in total. The van der Waals surface area contributed by atoms with E-state index in [0.717, 1.165) is 5.56 Å². The molecular formula is C23H29ClN2O3. The molecule has 0 unspecified atom stereocenters. The van der Waals surface area contributed by atoms with Crippen molar-refractivity contribution in [2.45, 2.75) is 45.7 Å². The lowest BCUT2D eigenvalue weighted by Crippen LogP contribution is -2.52. The minimum absolute atomic E-state index is 0.00185. The summed E-state index contributed by atoms with van der Waals surface area (Å²) in [5, 5.41) is 3.36. The van der Waals surface area contributed by atoms with Crippen molar-refractivity contribution in [1.29, 1.82) is 0 Å². The van der Waals surface area contributed by atoms with Gasteiger partial charge in [-0.2, -0.15) is 0 Å². The van der Waals surface area contributed by atoms with Crippen molar-refractivity contribution in [3.63, 3.8) is 0 Å². The van der Waals surface area contributed by atoms with Crippen molar-refractivity contribution in [2.24, 2.45) is 0 Å². The van der Waals surface area contributed by atoms with Crippen LogP contribution in [0, 0.1) is 0 Å². The van der Waals surface area contributed by atoms with Crippen LogP contribution in [0.15, 0.2) is 54.6 Å². The molecule has 0 spiro atoms. The Hall–Kier alpha value is -2.53. The molecule has 2 amide bonds. The molecule has 2 rings (SSSR count). The van der Waals surface area contributed by atoms with Crippen molar-refractivity contribution < 1.29 is 14.3 Å². The Balaban J connectivity index is 2.13. The second kappa shape index (κ2) is 11.5. The summed E-state index contributed by atoms with van der Waals surface area (Å²) in [6.45, 7) is 5.97. The smallest absolute Gasteiger partial charge is 0.261 e. The van der Waals surface area contributed by atoms with E-state index >= 15 is 0 Å². The van der Waals surface area contributed by atoms with Crippen LogP contribution >= 0.6 is 11.6 Å². The summed E-state index contributed by atoms with van der Waals surface area (Å²) in [5.41, 5.74) is 1.11. The molecule has 0 saturated carbocycles. The standard InChI is InChI=1S/C23H29ClN2O3/c1-4-20(23(28)25-17(2)3)26(15-14-18-10-6-5-7-11-18)22(27)16-29-21-13-9-8-12-19(21)24/h5-13,17,20H,4,14-16H2,1-3H3,(H,25,28)/t20-/m1/s1. The Morgan fingerprint density at radius 1 is 1.07 bits per heavy atom. The van der Waals surface area contributed by atoms with Crippen LogP contribution < -0.4 is 10.1 Å². The van der Waals surface area contributed by atoms with Crippen LogP contribution in [0.1, 0.15) is 32.8 Å². The average molecular weight is 417 g/mol. The highest BCUT2D eigenvalue weighted by molar-refractivity contribution is 6.32. The Bertz CT molecular complexity index is 796. The van der Waals surface area contributed by atoms with Crippen LogP contribution in [0.5, 0.6) is 5.75 Å². The number of hydrogen-bond acceptors (Lipinski definition) is 3. The zero-order valence-electron chi connectivity index (χ0n) is 17.2. The van der Waals surface area contributed by atoms with Gasteiger partial charge in [0.1, 0.15) is 11.8 Å². The summed E-state index contributed by atoms with van der Waals surface area (Å²) in [7, 11) is 0. The van der Waals surface area contributed by atoms with E-state index in [1.807, 2.05) is 51.1 Å². The van der Waals surface area contributed by atoms with Crippen LogP contribution in [-0.2, 0) is 16.0 Å². The summed E-state index contributed by atoms with van der Waals surface area (Å²) < 4.78 is 5.63. The van der Waals surface area contributed by atoms with E-state index in [4.69, 9.17) is 16.3 Å². The van der Waals surface area contributed by atoms with Crippen molar-refractivity contribution in [1.82, 2.24) is 10.2 Å². The molecule has 1 N–H and O–H groups in total. The lowest BCUT2D eigenvalue weighted by atomic mass is 10.1. The number of benzene rings is 2. The minimum Gasteiger partial charge on any atom is -0.482 e. The van der Waals surface area contributed by atoms with Gasteiger partial charge in [-0.3, -0.25) is 9.59 Å². The topological polar surface area (TPSA) is 58.6 Å². The summed E-state index contributed by atoms with van der Waals surface area (Å²) >= 11 is 6.11. The molecule has 0 saturated heterocycles. The van der Waals surface area contributed by atoms with Crippen LogP contribution in [0.2, 0.25) is 5.02 Å². The first-order chi connectivity index (χ1) is 13.9. The lowest BCUT2D eigenvalue weighted by Gasteiger charge is -2.31. The van der Waals surface area contributed by atoms with Gasteiger partial charge < -0.3 is 15.0 Å². The number of nitrogens with zero attached hydrogens (tertiary/aromatic N) is 1. The maximum absolute atomic E-state index is 13.0. The number of para-hydroxylation sites is 1. The maximum Gasteiger partial charge on any atom is 0.261 e. The predicted octanol–water partition coefficient (Wildman–Crippen LogP) is 4.09. The van der Waals surface area contributed by atoms with Crippen molar-refractivity contribution in [3.05, 3.63) is 65.2 Å². The predicted molar refractivity (Wildman–Crippen MR) is 116 cm³/mol. The number of ether oxygens (including phenoxy) is 1. The van der Waals surface area contributed by atoms with Crippen LogP contribution in [0.4, 0.5) is 0 Å². The van der Waals surface area contributed by atoms with E-state index < -0.39 is 6.04 Å². The zero-order valence-corrected chi connectivity index (χ0v) is 18.0. The molecule has 156 valence electrons. The summed E-state index contributed by atoms with van der Waals surface area (Å²) in [5.74, 6) is 0.0541. The molecule has 0 aliphatic heterocycles. The van der Waals surface area contributed by atoms with E-state index in [1.54, 1.807) is 29.2 Å². The SMILES string of the molecule is CC[C@H](C(=O)NC(C)C)N(CCc1ccccc1)C(=O)COc1ccccc1Cl. The number of carbonyl (C=O) groups is 2. The summed E-state index contributed by atoms with van der Waals surface area (Å²) in [6, 6.07) is 16.4. The first-order valence-electron chi connectivity index (χ1n) is 9.93. The lowest BCUT2D eigenvalue weighted by molar-refractivity contribution is -0.142. The Morgan fingerprint density at radius 2 is 1.72 bits per heavy atom. The monoisotopic (exact) mass is 416 g/mol. The molecule has 0 aliphatic rings. The van der Waals surface area contributed by atoms with Crippen LogP contribution in [-0.4, -0.2) is 41.9 Å². The molecule has 0 bridgehead atoms. The summed E-state index contributed by atoms with van der Waals surface area (Å²) in [6.07, 6.45) is 1.18. The van der Waals surface area contributed by atoms with Gasteiger partial charge in [0.2, 0.25) is 5.91 Å². The first kappa shape index (κ1) is 22.8. The second-order valence-electron chi connectivity index (χ2n) is 7.13. The molecule has 1 atom stereocenters. The molecule has 0 fully saturated rings. The van der Waals surface area contributed by atoms with E-state index in [1.165, 1.54) is 0 Å². The Labute approximate surface area is 178 Å². The average Bonchev–Trinajstić information content (AvgIpc) is 2.70. The maximum atomic E-state index is 13.0. The third kappa shape index (κ3) is 7.09. The third-order valence-electron chi connectivity index (χ3n) is 4.49. The molecule has 0 aliphatic carbocycles. The summed E-state index contributed by atoms with van der Waals surface area (Å²) in [4.78, 5) is 27.3. The normalized spacial score (nSPS) is 11.8. The van der Waals surface area contributed by atoms with Gasteiger partial charge in [-0.25, -0.2) is 0 Å². The number of amides is 2. The molecule has 2 aromatic rings. The number of nitrogens with one attached hydrogen (secondary N) is 1. The second-order valence-corrected chi connectivity index (χ2v) is 7.54. The zero-order chi connectivity index (χ0) is 21.2. The molecule has 0 aromatic heterocycles. The molecule has 2 aromatic carbocycles. The molecular weight excluding hydrogens is 388 g/mol. The fourth-order valence-electron chi connectivity index (χ4n) is 3.06. The van der Waals surface area contributed by atoms with Crippen molar-refractivity contribution >= 4 is 23.4 Å². The number of carbonyl (C=O) groups excluding carboxylic acids is 2. The van der Waals surface area contributed by atoms with Gasteiger partial charge in [-0.15, -0.1) is 0 Å². The molecule has 29 heavy (non-hydrogen) atoms. The molecule has 6 heteroatoms. The van der Waals surface area contributed by atoms with Gasteiger partial charge in [0.25, 0.3) is 5.91 Å². The number of rotatable bonds is 10. The van der Waals surface area contributed by atoms with Gasteiger partial charge >= 0.3 is 0 Å². The van der Waals surface area contributed by atoms with Crippen molar-refractivity contribution in [3.8, 4) is 5.75 Å². The van der Waals surface area contributed by atoms with E-state index in [0.29, 0.717) is 30.2 Å². The molecule has 0 heterocycles. The minimum atomic E-state index is -0.552. The van der Waals surface area contributed by atoms with E-state index in [2.05, 4.69) is 5.32 Å². The fourth-order valence-corrected chi connectivity index (χ4v) is 3.25. The third-order valence-corrected chi connectivity index (χ3v) is 4.80. The van der Waals surface area contributed by atoms with Gasteiger partial charge in [0, 0.05) is 12.6 Å². The van der Waals surface area contributed by atoms with Crippen LogP contribution in [0.3, 0.4) is 0 Å². The van der Waals surface area contributed by atoms with Gasteiger partial charge in [0.15, 0.2) is 6.61 Å². The van der Waals surface area contributed by atoms with Gasteiger partial charge in [0.05, 0.1) is 5.02 Å². The largest absolute Gasteiger partial charge is 0.482 e. The fraction of sp³-hybridized carbons (Fsp3) is 0.391. The quantitative estimate of drug-likeness (QED) is 0.634. The van der Waals surface area contributed by atoms with E-state index in [-0.39, 0.29) is 24.5 Å². The van der Waals surface area contributed by atoms with Crippen molar-refractivity contribution in [2.75, 3.05) is 13.2 Å². The molecule has 0 radical (unpaired) electrons. The number of halogens is 1. The Morgan fingerprint density at radius 3 is 2.34 bits per heavy atom. The van der Waals surface area contributed by atoms with Gasteiger partial charge in [-0.1, -0.05) is 61.0 Å². The first-order valence-corrected chi connectivity index (χ1v) is 10.3.